The average molecular weight is 350 g/mol. The molecule has 6 heteroatoms. The maximum absolute atomic E-state index is 12.7. The number of piperidine rings is 1. The van der Waals surface area contributed by atoms with Crippen molar-refractivity contribution in [1.82, 2.24) is 10.2 Å². The Morgan fingerprint density at radius 2 is 1.76 bits per heavy atom. The van der Waals surface area contributed by atoms with Gasteiger partial charge in [0.15, 0.2) is 11.5 Å². The van der Waals surface area contributed by atoms with E-state index in [2.05, 4.69) is 24.1 Å². The van der Waals surface area contributed by atoms with Crippen molar-refractivity contribution in [2.24, 2.45) is 5.92 Å². The summed E-state index contributed by atoms with van der Waals surface area (Å²) >= 11 is 0. The van der Waals surface area contributed by atoms with Gasteiger partial charge >= 0.3 is 0 Å². The van der Waals surface area contributed by atoms with Crippen molar-refractivity contribution in [3.05, 3.63) is 17.7 Å². The lowest BCUT2D eigenvalue weighted by Gasteiger charge is -2.33. The zero-order valence-corrected chi connectivity index (χ0v) is 15.9. The van der Waals surface area contributed by atoms with E-state index >= 15 is 0 Å². The Balaban J connectivity index is 2.04. The molecule has 1 fully saturated rings. The third-order valence-corrected chi connectivity index (χ3v) is 4.49. The summed E-state index contributed by atoms with van der Waals surface area (Å²) in [7, 11) is 4.62. The highest BCUT2D eigenvalue weighted by molar-refractivity contribution is 5.98. The number of ether oxygens (including phenoxy) is 3. The fourth-order valence-corrected chi connectivity index (χ4v) is 3.32. The topological polar surface area (TPSA) is 60.0 Å². The molecule has 1 saturated heterocycles. The predicted molar refractivity (Wildman–Crippen MR) is 97.9 cm³/mol. The summed E-state index contributed by atoms with van der Waals surface area (Å²) in [6.45, 7) is 7.62. The van der Waals surface area contributed by atoms with E-state index in [0.717, 1.165) is 32.5 Å². The van der Waals surface area contributed by atoms with Gasteiger partial charge in [0.1, 0.15) is 0 Å². The van der Waals surface area contributed by atoms with E-state index in [1.165, 1.54) is 14.2 Å². The van der Waals surface area contributed by atoms with Crippen molar-refractivity contribution in [3.8, 4) is 17.2 Å². The van der Waals surface area contributed by atoms with Crippen molar-refractivity contribution >= 4 is 5.91 Å². The molecule has 0 spiro atoms. The number of nitrogens with one attached hydrogen (secondary N) is 1. The van der Waals surface area contributed by atoms with Crippen molar-refractivity contribution in [2.75, 3.05) is 41.0 Å². The first-order chi connectivity index (χ1) is 12.0. The fraction of sp³-hybridized carbons (Fsp3) is 0.632. The average Bonchev–Trinajstić information content (AvgIpc) is 2.61. The lowest BCUT2D eigenvalue weighted by atomic mass is 10.0. The molecule has 140 valence electrons. The quantitative estimate of drug-likeness (QED) is 0.819. The number of hydrogen-bond donors (Lipinski definition) is 1. The maximum atomic E-state index is 12.7. The zero-order chi connectivity index (χ0) is 18.4. The summed E-state index contributed by atoms with van der Waals surface area (Å²) in [5.41, 5.74) is 0.463. The monoisotopic (exact) mass is 350 g/mol. The maximum Gasteiger partial charge on any atom is 0.255 e. The standard InChI is InChI=1S/C19H30N2O4/c1-13(2)12-21-10-8-14(9-11-21)20-19(22)15-6-7-16(23-3)18(25-5)17(15)24-4/h6-7,13-14H,8-12H2,1-5H3,(H,20,22). The molecule has 1 aromatic rings. The van der Waals surface area contributed by atoms with Crippen LogP contribution in [0.2, 0.25) is 0 Å². The van der Waals surface area contributed by atoms with Gasteiger partial charge in [-0.2, -0.15) is 0 Å². The number of benzene rings is 1. The molecule has 0 aliphatic carbocycles. The summed E-state index contributed by atoms with van der Waals surface area (Å²) in [4.78, 5) is 15.2. The highest BCUT2D eigenvalue weighted by atomic mass is 16.5. The molecule has 1 N–H and O–H groups in total. The van der Waals surface area contributed by atoms with Gasteiger partial charge in [0.25, 0.3) is 5.91 Å². The molecule has 0 unspecified atom stereocenters. The Hall–Kier alpha value is -1.95. The number of hydrogen-bond acceptors (Lipinski definition) is 5. The van der Waals surface area contributed by atoms with Gasteiger partial charge in [-0.25, -0.2) is 0 Å². The van der Waals surface area contributed by atoms with Crippen LogP contribution in [-0.2, 0) is 0 Å². The molecule has 2 rings (SSSR count). The Labute approximate surface area is 150 Å². The van der Waals surface area contributed by atoms with Crippen LogP contribution in [0.4, 0.5) is 0 Å². The first kappa shape index (κ1) is 19.4. The molecule has 0 atom stereocenters. The van der Waals surface area contributed by atoms with Crippen LogP contribution in [0.3, 0.4) is 0 Å². The fourth-order valence-electron chi connectivity index (χ4n) is 3.32. The van der Waals surface area contributed by atoms with E-state index in [-0.39, 0.29) is 11.9 Å². The van der Waals surface area contributed by atoms with Gasteiger partial charge in [0, 0.05) is 25.7 Å². The number of rotatable bonds is 7. The van der Waals surface area contributed by atoms with E-state index in [0.29, 0.717) is 28.7 Å². The number of nitrogens with zero attached hydrogens (tertiary/aromatic N) is 1. The first-order valence-corrected chi connectivity index (χ1v) is 8.82. The van der Waals surface area contributed by atoms with E-state index in [1.807, 2.05) is 0 Å². The summed E-state index contributed by atoms with van der Waals surface area (Å²) in [5, 5.41) is 3.13. The van der Waals surface area contributed by atoms with Crippen LogP contribution < -0.4 is 19.5 Å². The second-order valence-corrected chi connectivity index (χ2v) is 6.82. The molecule has 0 bridgehead atoms. The Morgan fingerprint density at radius 3 is 2.28 bits per heavy atom. The number of amides is 1. The molecule has 1 aromatic carbocycles. The Morgan fingerprint density at radius 1 is 1.12 bits per heavy atom. The molecule has 25 heavy (non-hydrogen) atoms. The van der Waals surface area contributed by atoms with E-state index < -0.39 is 0 Å². The minimum absolute atomic E-state index is 0.139. The highest BCUT2D eigenvalue weighted by Gasteiger charge is 2.25. The van der Waals surface area contributed by atoms with Crippen LogP contribution in [-0.4, -0.2) is 57.8 Å². The molecule has 1 aliphatic heterocycles. The van der Waals surface area contributed by atoms with Crippen molar-refractivity contribution in [3.63, 3.8) is 0 Å². The second kappa shape index (κ2) is 8.94. The van der Waals surface area contributed by atoms with Crippen molar-refractivity contribution in [2.45, 2.75) is 32.7 Å². The third kappa shape index (κ3) is 4.78. The molecule has 0 aromatic heterocycles. The van der Waals surface area contributed by atoms with E-state index in [4.69, 9.17) is 14.2 Å². The van der Waals surface area contributed by atoms with Gasteiger partial charge in [0.05, 0.1) is 26.9 Å². The van der Waals surface area contributed by atoms with E-state index in [9.17, 15) is 4.79 Å². The molecular formula is C19H30N2O4. The van der Waals surface area contributed by atoms with E-state index in [1.54, 1.807) is 19.2 Å². The summed E-state index contributed by atoms with van der Waals surface area (Å²) < 4.78 is 16.0. The summed E-state index contributed by atoms with van der Waals surface area (Å²) in [6.07, 6.45) is 1.93. The minimum Gasteiger partial charge on any atom is -0.493 e. The highest BCUT2D eigenvalue weighted by Crippen LogP contribution is 2.39. The first-order valence-electron chi connectivity index (χ1n) is 8.82. The van der Waals surface area contributed by atoms with Gasteiger partial charge in [-0.3, -0.25) is 4.79 Å². The molecule has 0 saturated carbocycles. The Kier molecular flexibility index (Phi) is 6.93. The number of carbonyl (C=O) groups is 1. The van der Waals surface area contributed by atoms with Crippen molar-refractivity contribution in [1.29, 1.82) is 0 Å². The lowest BCUT2D eigenvalue weighted by Crippen LogP contribution is -2.45. The number of carbonyl (C=O) groups excluding carboxylic acids is 1. The van der Waals surface area contributed by atoms with Crippen LogP contribution in [0.5, 0.6) is 17.2 Å². The van der Waals surface area contributed by atoms with Gasteiger partial charge in [-0.15, -0.1) is 0 Å². The predicted octanol–water partition coefficient (Wildman–Crippen LogP) is 2.56. The van der Waals surface area contributed by atoms with Crippen LogP contribution in [0.1, 0.15) is 37.0 Å². The summed E-state index contributed by atoms with van der Waals surface area (Å²) in [6, 6.07) is 3.62. The largest absolute Gasteiger partial charge is 0.493 e. The van der Waals surface area contributed by atoms with Gasteiger partial charge in [-0.1, -0.05) is 13.8 Å². The Bertz CT molecular complexity index is 581. The molecular weight excluding hydrogens is 320 g/mol. The zero-order valence-electron chi connectivity index (χ0n) is 15.9. The molecule has 0 radical (unpaired) electrons. The van der Waals surface area contributed by atoms with Crippen LogP contribution in [0, 0.1) is 5.92 Å². The molecule has 1 amide bonds. The van der Waals surface area contributed by atoms with Crippen LogP contribution in [0.15, 0.2) is 12.1 Å². The van der Waals surface area contributed by atoms with Gasteiger partial charge in [-0.05, 0) is 30.9 Å². The van der Waals surface area contributed by atoms with Crippen LogP contribution >= 0.6 is 0 Å². The molecule has 1 aliphatic rings. The molecule has 1 heterocycles. The number of methoxy groups -OCH3 is 3. The third-order valence-electron chi connectivity index (χ3n) is 4.49. The minimum atomic E-state index is -0.139. The lowest BCUT2D eigenvalue weighted by molar-refractivity contribution is 0.0903. The van der Waals surface area contributed by atoms with Gasteiger partial charge < -0.3 is 24.4 Å². The van der Waals surface area contributed by atoms with Crippen molar-refractivity contribution < 1.29 is 19.0 Å². The summed E-state index contributed by atoms with van der Waals surface area (Å²) in [5.74, 6) is 1.90. The smallest absolute Gasteiger partial charge is 0.255 e. The van der Waals surface area contributed by atoms with Crippen LogP contribution in [0.25, 0.3) is 0 Å². The molecule has 6 nitrogen and oxygen atoms in total. The normalized spacial score (nSPS) is 15.9. The second-order valence-electron chi connectivity index (χ2n) is 6.82. The SMILES string of the molecule is COc1ccc(C(=O)NC2CCN(CC(C)C)CC2)c(OC)c1OC. The number of likely N-dealkylation sites (tertiary alicyclic amines) is 1. The van der Waals surface area contributed by atoms with Gasteiger partial charge in [0.2, 0.25) is 5.75 Å².